The molecule has 0 aromatic heterocycles. The average Bonchev–Trinajstić information content (AvgIpc) is 2.52. The molecule has 0 aliphatic heterocycles. The minimum Gasteiger partial charge on any atom is -0.491 e. The van der Waals surface area contributed by atoms with Crippen LogP contribution in [0.25, 0.3) is 0 Å². The summed E-state index contributed by atoms with van der Waals surface area (Å²) < 4.78 is 5.63. The molecule has 1 radical (unpaired) electrons. The molecule has 0 saturated carbocycles. The Kier molecular flexibility index (Phi) is 8.73. The third-order valence-electron chi connectivity index (χ3n) is 3.17. The molecule has 0 spiro atoms. The second kappa shape index (κ2) is 10.0. The van der Waals surface area contributed by atoms with Gasteiger partial charge in [0.1, 0.15) is 12.4 Å². The van der Waals surface area contributed by atoms with Crippen LogP contribution in [-0.2, 0) is 18.6 Å². The number of rotatable bonds is 7. The molecule has 2 aromatic carbocycles. The molecule has 0 heterocycles. The predicted molar refractivity (Wildman–Crippen MR) is 89.2 cm³/mol. The van der Waals surface area contributed by atoms with Gasteiger partial charge in [0.25, 0.3) is 0 Å². The molecular weight excluding hydrogens is 331 g/mol. The second-order valence-electron chi connectivity index (χ2n) is 5.31. The van der Waals surface area contributed by atoms with Gasteiger partial charge in [0.05, 0.1) is 6.10 Å². The van der Waals surface area contributed by atoms with E-state index in [1.807, 2.05) is 42.5 Å². The van der Waals surface area contributed by atoms with Crippen molar-refractivity contribution in [3.8, 4) is 5.75 Å². The monoisotopic (exact) mass is 353 g/mol. The number of ether oxygens (including phenoxy) is 1. The minimum atomic E-state index is -0.472. The molecule has 1 N–H and O–H groups in total. The van der Waals surface area contributed by atoms with Crippen molar-refractivity contribution in [2.45, 2.75) is 30.8 Å². The molecule has 1 atom stereocenters. The molecule has 2 rings (SSSR count). The maximum atomic E-state index is 9.97. The van der Waals surface area contributed by atoms with E-state index in [0.717, 1.165) is 10.6 Å². The van der Waals surface area contributed by atoms with E-state index in [0.29, 0.717) is 18.3 Å². The van der Waals surface area contributed by atoms with Crippen LogP contribution in [0.1, 0.15) is 25.3 Å². The summed E-state index contributed by atoms with van der Waals surface area (Å²) in [4.78, 5) is 1.16. The molecule has 0 fully saturated rings. The van der Waals surface area contributed by atoms with Gasteiger partial charge >= 0.3 is 0 Å². The largest absolute Gasteiger partial charge is 0.491 e. The Morgan fingerprint density at radius 1 is 1.00 bits per heavy atom. The Labute approximate surface area is 149 Å². The molecule has 2 nitrogen and oxygen atoms in total. The normalized spacial score (nSPS) is 11.8. The fourth-order valence-electron chi connectivity index (χ4n) is 1.90. The van der Waals surface area contributed by atoms with Gasteiger partial charge in [-0.2, -0.15) is 0 Å². The van der Waals surface area contributed by atoms with Crippen LogP contribution in [0.4, 0.5) is 0 Å². The van der Waals surface area contributed by atoms with Crippen LogP contribution in [-0.4, -0.2) is 23.6 Å². The minimum absolute atomic E-state index is 0. The first-order chi connectivity index (χ1) is 10.1. The number of hydrogen-bond donors (Lipinski definition) is 1. The summed E-state index contributed by atoms with van der Waals surface area (Å²) in [5, 5.41) is 9.97. The first kappa shape index (κ1) is 19.2. The number of hydrogen-bond acceptors (Lipinski definition) is 3. The summed E-state index contributed by atoms with van der Waals surface area (Å²) in [5.74, 6) is 1.96. The van der Waals surface area contributed by atoms with Crippen molar-refractivity contribution in [2.75, 3.05) is 12.4 Å². The van der Waals surface area contributed by atoms with Gasteiger partial charge in [-0.15, -0.1) is 11.8 Å². The van der Waals surface area contributed by atoms with E-state index in [-0.39, 0.29) is 18.6 Å². The van der Waals surface area contributed by atoms with Crippen LogP contribution in [0.5, 0.6) is 5.75 Å². The van der Waals surface area contributed by atoms with E-state index in [2.05, 4.69) is 26.0 Å². The topological polar surface area (TPSA) is 29.5 Å². The first-order valence-electron chi connectivity index (χ1n) is 7.24. The van der Waals surface area contributed by atoms with Crippen LogP contribution in [0.3, 0.4) is 0 Å². The predicted octanol–water partition coefficient (Wildman–Crippen LogP) is 4.34. The maximum absolute atomic E-state index is 9.97. The van der Waals surface area contributed by atoms with Crippen molar-refractivity contribution >= 4 is 11.8 Å². The van der Waals surface area contributed by atoms with E-state index < -0.39 is 6.10 Å². The summed E-state index contributed by atoms with van der Waals surface area (Å²) in [6.07, 6.45) is -0.472. The Bertz CT molecular complexity index is 529. The van der Waals surface area contributed by atoms with Crippen LogP contribution in [0, 0.1) is 0 Å². The maximum Gasteiger partial charge on any atom is 0.119 e. The van der Waals surface area contributed by atoms with Crippen molar-refractivity contribution in [1.29, 1.82) is 0 Å². The van der Waals surface area contributed by atoms with Crippen molar-refractivity contribution in [3.63, 3.8) is 0 Å². The van der Waals surface area contributed by atoms with Gasteiger partial charge in [-0.1, -0.05) is 44.2 Å². The third kappa shape index (κ3) is 6.49. The van der Waals surface area contributed by atoms with Crippen LogP contribution >= 0.6 is 11.8 Å². The van der Waals surface area contributed by atoms with E-state index in [4.69, 9.17) is 4.74 Å². The summed E-state index contributed by atoms with van der Waals surface area (Å²) in [7, 11) is 0. The van der Waals surface area contributed by atoms with Gasteiger partial charge in [0.15, 0.2) is 0 Å². The summed E-state index contributed by atoms with van der Waals surface area (Å²) in [6.45, 7) is 4.65. The van der Waals surface area contributed by atoms with Crippen molar-refractivity contribution < 1.29 is 28.4 Å². The zero-order chi connectivity index (χ0) is 15.1. The van der Waals surface area contributed by atoms with Gasteiger partial charge in [0, 0.05) is 29.2 Å². The number of benzene rings is 2. The fourth-order valence-corrected chi connectivity index (χ4v) is 2.73. The summed E-state index contributed by atoms with van der Waals surface area (Å²) >= 11 is 1.64. The number of thioether (sulfide) groups is 1. The Morgan fingerprint density at radius 2 is 1.64 bits per heavy atom. The second-order valence-corrected chi connectivity index (χ2v) is 6.41. The summed E-state index contributed by atoms with van der Waals surface area (Å²) in [5.41, 5.74) is 1.29. The van der Waals surface area contributed by atoms with Gasteiger partial charge in [0.2, 0.25) is 0 Å². The molecule has 1 unspecified atom stereocenters. The quantitative estimate of drug-likeness (QED) is 0.751. The van der Waals surface area contributed by atoms with Gasteiger partial charge in [-0.25, -0.2) is 0 Å². The molecule has 0 aliphatic carbocycles. The Balaban J connectivity index is 0.00000242. The molecule has 0 amide bonds. The van der Waals surface area contributed by atoms with Crippen molar-refractivity contribution in [1.82, 2.24) is 0 Å². The smallest absolute Gasteiger partial charge is 0.119 e. The molecule has 117 valence electrons. The van der Waals surface area contributed by atoms with Crippen molar-refractivity contribution in [2.24, 2.45) is 0 Å². The Hall–Kier alpha value is -0.866. The van der Waals surface area contributed by atoms with Crippen LogP contribution in [0.15, 0.2) is 59.5 Å². The van der Waals surface area contributed by atoms with E-state index >= 15 is 0 Å². The molecular formula is C18H22O2SV. The van der Waals surface area contributed by atoms with Crippen LogP contribution in [0.2, 0.25) is 0 Å². The SMILES string of the molecule is CC(C)c1ccc(OCC(O)CSc2ccccc2)cc1.[V]. The molecule has 0 aliphatic rings. The van der Waals surface area contributed by atoms with Gasteiger partial charge in [-0.05, 0) is 35.7 Å². The van der Waals surface area contributed by atoms with Gasteiger partial charge < -0.3 is 9.84 Å². The Morgan fingerprint density at radius 3 is 2.23 bits per heavy atom. The van der Waals surface area contributed by atoms with E-state index in [1.165, 1.54) is 5.56 Å². The molecule has 4 heteroatoms. The van der Waals surface area contributed by atoms with Gasteiger partial charge in [-0.3, -0.25) is 0 Å². The fraction of sp³-hybridized carbons (Fsp3) is 0.333. The zero-order valence-electron chi connectivity index (χ0n) is 13.0. The number of aliphatic hydroxyl groups is 1. The summed E-state index contributed by atoms with van der Waals surface area (Å²) in [6, 6.07) is 18.2. The third-order valence-corrected chi connectivity index (χ3v) is 4.33. The average molecular weight is 353 g/mol. The zero-order valence-corrected chi connectivity index (χ0v) is 15.2. The van der Waals surface area contributed by atoms with Crippen LogP contribution < -0.4 is 4.74 Å². The standard InChI is InChI=1S/C18H22O2S.V/c1-14(2)15-8-10-17(11-9-15)20-12-16(19)13-21-18-6-4-3-5-7-18;/h3-11,14,16,19H,12-13H2,1-2H3;. The van der Waals surface area contributed by atoms with Crippen molar-refractivity contribution in [3.05, 3.63) is 60.2 Å². The molecule has 0 saturated heterocycles. The first-order valence-corrected chi connectivity index (χ1v) is 8.22. The molecule has 2 aromatic rings. The van der Waals surface area contributed by atoms with E-state index in [9.17, 15) is 5.11 Å². The molecule has 22 heavy (non-hydrogen) atoms. The number of aliphatic hydroxyl groups excluding tert-OH is 1. The van der Waals surface area contributed by atoms with E-state index in [1.54, 1.807) is 11.8 Å². The molecule has 0 bridgehead atoms.